The lowest BCUT2D eigenvalue weighted by Gasteiger charge is -2.26. The Balaban J connectivity index is 1.87. The highest BCUT2D eigenvalue weighted by Crippen LogP contribution is 2.26. The normalized spacial score (nSPS) is 22.3. The van der Waals surface area contributed by atoms with Gasteiger partial charge in [0.1, 0.15) is 0 Å². The molecule has 2 rings (SSSR count). The Morgan fingerprint density at radius 1 is 1.40 bits per heavy atom. The highest BCUT2D eigenvalue weighted by atomic mass is 16.5. The number of phenolic OH excluding ortho intramolecular Hbond substituents is 1. The Morgan fingerprint density at radius 3 is 2.70 bits per heavy atom. The summed E-state index contributed by atoms with van der Waals surface area (Å²) in [5.41, 5.74) is 6.30. The van der Waals surface area contributed by atoms with E-state index in [9.17, 15) is 9.90 Å². The van der Waals surface area contributed by atoms with Gasteiger partial charge in [0.15, 0.2) is 11.5 Å². The molecule has 1 aromatic carbocycles. The highest BCUT2D eigenvalue weighted by Gasteiger charge is 2.19. The third kappa shape index (κ3) is 3.63. The van der Waals surface area contributed by atoms with Crippen LogP contribution >= 0.6 is 0 Å². The topological polar surface area (TPSA) is 84.6 Å². The van der Waals surface area contributed by atoms with Gasteiger partial charge in [-0.2, -0.15) is 0 Å². The molecule has 110 valence electrons. The third-order valence-corrected chi connectivity index (χ3v) is 3.88. The minimum Gasteiger partial charge on any atom is -0.504 e. The number of carbonyl (C=O) groups excluding carboxylic acids is 1. The zero-order valence-corrected chi connectivity index (χ0v) is 11.8. The molecule has 0 spiro atoms. The van der Waals surface area contributed by atoms with Crippen molar-refractivity contribution in [2.75, 3.05) is 13.7 Å². The van der Waals surface area contributed by atoms with Crippen LogP contribution in [0.5, 0.6) is 11.5 Å². The molecule has 1 aromatic rings. The van der Waals surface area contributed by atoms with Crippen LogP contribution in [0.15, 0.2) is 18.2 Å². The molecule has 0 saturated heterocycles. The van der Waals surface area contributed by atoms with Crippen molar-refractivity contribution < 1.29 is 14.6 Å². The second kappa shape index (κ2) is 6.61. The van der Waals surface area contributed by atoms with E-state index in [2.05, 4.69) is 5.32 Å². The van der Waals surface area contributed by atoms with Crippen molar-refractivity contribution in [2.24, 2.45) is 11.7 Å². The summed E-state index contributed by atoms with van der Waals surface area (Å²) in [7, 11) is 1.47. The average molecular weight is 278 g/mol. The van der Waals surface area contributed by atoms with E-state index in [0.29, 0.717) is 29.8 Å². The minimum atomic E-state index is -0.169. The molecule has 0 unspecified atom stereocenters. The molecule has 1 amide bonds. The first-order valence-electron chi connectivity index (χ1n) is 7.01. The Bertz CT molecular complexity index is 468. The van der Waals surface area contributed by atoms with Gasteiger partial charge in [-0.3, -0.25) is 4.79 Å². The number of nitrogens with two attached hydrogens (primary N) is 1. The van der Waals surface area contributed by atoms with Crippen molar-refractivity contribution >= 4 is 5.91 Å². The fourth-order valence-electron chi connectivity index (χ4n) is 2.56. The van der Waals surface area contributed by atoms with E-state index < -0.39 is 0 Å². The van der Waals surface area contributed by atoms with Crippen LogP contribution in [0.25, 0.3) is 0 Å². The average Bonchev–Trinajstić information content (AvgIpc) is 2.46. The number of benzene rings is 1. The number of amides is 1. The number of phenols is 1. The number of carbonyl (C=O) groups is 1. The molecule has 0 heterocycles. The van der Waals surface area contributed by atoms with Crippen LogP contribution in [0.3, 0.4) is 0 Å². The number of nitrogens with one attached hydrogen (secondary N) is 1. The Hall–Kier alpha value is -1.75. The van der Waals surface area contributed by atoms with Gasteiger partial charge in [0.2, 0.25) is 0 Å². The molecule has 0 aliphatic heterocycles. The van der Waals surface area contributed by atoms with E-state index >= 15 is 0 Å². The molecule has 5 nitrogen and oxygen atoms in total. The van der Waals surface area contributed by atoms with E-state index in [1.54, 1.807) is 12.1 Å². The van der Waals surface area contributed by atoms with Crippen molar-refractivity contribution in [1.82, 2.24) is 5.32 Å². The van der Waals surface area contributed by atoms with Gasteiger partial charge in [-0.15, -0.1) is 0 Å². The zero-order valence-electron chi connectivity index (χ0n) is 11.8. The van der Waals surface area contributed by atoms with Crippen molar-refractivity contribution in [1.29, 1.82) is 0 Å². The number of methoxy groups -OCH3 is 1. The molecule has 1 aliphatic carbocycles. The minimum absolute atomic E-state index is 0.0243. The maximum atomic E-state index is 12.0. The van der Waals surface area contributed by atoms with Crippen molar-refractivity contribution in [3.8, 4) is 11.5 Å². The molecule has 1 aliphatic rings. The van der Waals surface area contributed by atoms with Crippen LogP contribution < -0.4 is 15.8 Å². The zero-order chi connectivity index (χ0) is 14.5. The van der Waals surface area contributed by atoms with Crippen LogP contribution in [0, 0.1) is 5.92 Å². The summed E-state index contributed by atoms with van der Waals surface area (Å²) in [6.07, 6.45) is 4.19. The van der Waals surface area contributed by atoms with E-state index in [0.717, 1.165) is 25.7 Å². The predicted octanol–water partition coefficient (Wildman–Crippen LogP) is 1.65. The number of hydrogen-bond acceptors (Lipinski definition) is 4. The molecular formula is C15H22N2O3. The highest BCUT2D eigenvalue weighted by molar-refractivity contribution is 5.94. The summed E-state index contributed by atoms with van der Waals surface area (Å²) >= 11 is 0. The van der Waals surface area contributed by atoms with Crippen molar-refractivity contribution in [2.45, 2.75) is 31.7 Å². The standard InChI is InChI=1S/C15H22N2O3/c1-20-14-7-4-11(8-13(14)18)15(19)17-9-10-2-5-12(16)6-3-10/h4,7-8,10,12,18H,2-3,5-6,9,16H2,1H3,(H,17,19). The molecule has 1 saturated carbocycles. The fraction of sp³-hybridized carbons (Fsp3) is 0.533. The first kappa shape index (κ1) is 14.7. The Kier molecular flexibility index (Phi) is 4.84. The van der Waals surface area contributed by atoms with Gasteiger partial charge >= 0.3 is 0 Å². The molecule has 0 aromatic heterocycles. The second-order valence-electron chi connectivity index (χ2n) is 5.38. The Labute approximate surface area is 119 Å². The lowest BCUT2D eigenvalue weighted by Crippen LogP contribution is -2.34. The Morgan fingerprint density at radius 2 is 2.10 bits per heavy atom. The van der Waals surface area contributed by atoms with Crippen LogP contribution in [0.1, 0.15) is 36.0 Å². The third-order valence-electron chi connectivity index (χ3n) is 3.88. The largest absolute Gasteiger partial charge is 0.504 e. The summed E-state index contributed by atoms with van der Waals surface area (Å²) in [5, 5.41) is 12.6. The SMILES string of the molecule is COc1ccc(C(=O)NCC2CCC(N)CC2)cc1O. The molecule has 20 heavy (non-hydrogen) atoms. The first-order valence-corrected chi connectivity index (χ1v) is 7.01. The first-order chi connectivity index (χ1) is 9.60. The second-order valence-corrected chi connectivity index (χ2v) is 5.38. The monoisotopic (exact) mass is 278 g/mol. The maximum Gasteiger partial charge on any atom is 0.251 e. The van der Waals surface area contributed by atoms with Crippen LogP contribution in [-0.2, 0) is 0 Å². The molecule has 0 bridgehead atoms. The predicted molar refractivity (Wildman–Crippen MR) is 76.9 cm³/mol. The summed E-state index contributed by atoms with van der Waals surface area (Å²) < 4.78 is 4.95. The van der Waals surface area contributed by atoms with E-state index in [4.69, 9.17) is 10.5 Å². The van der Waals surface area contributed by atoms with Gasteiger partial charge in [0.05, 0.1) is 7.11 Å². The summed E-state index contributed by atoms with van der Waals surface area (Å²) in [5.74, 6) is 0.676. The summed E-state index contributed by atoms with van der Waals surface area (Å²) in [6, 6.07) is 4.97. The van der Waals surface area contributed by atoms with Gasteiger partial charge < -0.3 is 20.9 Å². The molecule has 0 atom stereocenters. The van der Waals surface area contributed by atoms with Gasteiger partial charge in [-0.1, -0.05) is 0 Å². The summed E-state index contributed by atoms with van der Waals surface area (Å²) in [6.45, 7) is 0.665. The summed E-state index contributed by atoms with van der Waals surface area (Å²) in [4.78, 5) is 12.0. The van der Waals surface area contributed by atoms with Crippen LogP contribution in [0.2, 0.25) is 0 Å². The van der Waals surface area contributed by atoms with Gasteiger partial charge in [-0.05, 0) is 49.8 Å². The molecule has 4 N–H and O–H groups in total. The van der Waals surface area contributed by atoms with E-state index in [-0.39, 0.29) is 11.7 Å². The smallest absolute Gasteiger partial charge is 0.251 e. The van der Waals surface area contributed by atoms with Crippen LogP contribution in [-0.4, -0.2) is 30.7 Å². The van der Waals surface area contributed by atoms with Crippen LogP contribution in [0.4, 0.5) is 0 Å². The lowest BCUT2D eigenvalue weighted by molar-refractivity contribution is 0.0942. The molecular weight excluding hydrogens is 256 g/mol. The number of ether oxygens (including phenoxy) is 1. The molecule has 5 heteroatoms. The number of rotatable bonds is 4. The number of hydrogen-bond donors (Lipinski definition) is 3. The molecule has 1 fully saturated rings. The quantitative estimate of drug-likeness (QED) is 0.782. The van der Waals surface area contributed by atoms with Gasteiger partial charge in [0.25, 0.3) is 5.91 Å². The lowest BCUT2D eigenvalue weighted by atomic mass is 9.86. The van der Waals surface area contributed by atoms with Gasteiger partial charge in [0, 0.05) is 18.2 Å². The molecule has 0 radical (unpaired) electrons. The van der Waals surface area contributed by atoms with Crippen molar-refractivity contribution in [3.05, 3.63) is 23.8 Å². The number of aromatic hydroxyl groups is 1. The maximum absolute atomic E-state index is 12.0. The van der Waals surface area contributed by atoms with Gasteiger partial charge in [-0.25, -0.2) is 0 Å². The fourth-order valence-corrected chi connectivity index (χ4v) is 2.56. The van der Waals surface area contributed by atoms with Crippen molar-refractivity contribution in [3.63, 3.8) is 0 Å². The van der Waals surface area contributed by atoms with E-state index in [1.807, 2.05) is 0 Å². The van der Waals surface area contributed by atoms with E-state index in [1.165, 1.54) is 13.2 Å².